The molecular weight excluding hydrogens is 256 g/mol. The van der Waals surface area contributed by atoms with Crippen LogP contribution in [0.5, 0.6) is 0 Å². The second-order valence-electron chi connectivity index (χ2n) is 7.18. The minimum Gasteiger partial charge on any atom is -0.398 e. The van der Waals surface area contributed by atoms with E-state index in [4.69, 9.17) is 11.5 Å². The Labute approximate surface area is 129 Å². The monoisotopic (exact) mass is 286 g/mol. The van der Waals surface area contributed by atoms with E-state index in [1.165, 1.54) is 75.3 Å². The average molecular weight is 286 g/mol. The fourth-order valence-electron chi connectivity index (χ4n) is 4.46. The minimum atomic E-state index is 0.676. The van der Waals surface area contributed by atoms with Gasteiger partial charge in [-0.05, 0) is 67.2 Å². The predicted octanol–water partition coefficient (Wildman–Crippen LogP) is 5.25. The molecule has 2 nitrogen and oxygen atoms in total. The lowest BCUT2D eigenvalue weighted by Crippen LogP contribution is -2.16. The molecule has 2 heteroatoms. The van der Waals surface area contributed by atoms with Crippen molar-refractivity contribution in [1.29, 1.82) is 0 Å². The van der Waals surface area contributed by atoms with Crippen molar-refractivity contribution in [2.75, 3.05) is 11.5 Å². The summed E-state index contributed by atoms with van der Waals surface area (Å²) in [5.74, 6) is 1.37. The SMILES string of the molecule is Cc1c(N)cc(C2CCCCC2)c(C2CCCCC2)c1N. The first-order valence-corrected chi connectivity index (χ1v) is 8.87. The van der Waals surface area contributed by atoms with E-state index >= 15 is 0 Å². The van der Waals surface area contributed by atoms with E-state index in [-0.39, 0.29) is 0 Å². The molecule has 0 amide bonds. The molecule has 0 unspecified atom stereocenters. The number of anilines is 2. The second kappa shape index (κ2) is 6.29. The van der Waals surface area contributed by atoms with E-state index in [0.29, 0.717) is 11.8 Å². The minimum absolute atomic E-state index is 0.676. The molecule has 0 spiro atoms. The molecule has 1 aromatic carbocycles. The number of hydrogen-bond donors (Lipinski definition) is 2. The fourth-order valence-corrected chi connectivity index (χ4v) is 4.46. The summed E-state index contributed by atoms with van der Waals surface area (Å²) in [6, 6.07) is 2.27. The van der Waals surface area contributed by atoms with E-state index in [2.05, 4.69) is 13.0 Å². The van der Waals surface area contributed by atoms with Crippen molar-refractivity contribution in [3.8, 4) is 0 Å². The standard InChI is InChI=1S/C19H30N2/c1-13-17(20)12-16(14-8-4-2-5-9-14)18(19(13)21)15-10-6-3-7-11-15/h12,14-15H,2-11,20-21H2,1H3. The maximum absolute atomic E-state index is 6.54. The Morgan fingerprint density at radius 2 is 1.33 bits per heavy atom. The largest absolute Gasteiger partial charge is 0.398 e. The van der Waals surface area contributed by atoms with E-state index in [9.17, 15) is 0 Å². The number of hydrogen-bond acceptors (Lipinski definition) is 2. The van der Waals surface area contributed by atoms with Crippen LogP contribution in [0.15, 0.2) is 6.07 Å². The first-order valence-electron chi connectivity index (χ1n) is 8.87. The molecule has 0 bridgehead atoms. The molecule has 116 valence electrons. The quantitative estimate of drug-likeness (QED) is 0.729. The zero-order valence-electron chi connectivity index (χ0n) is 13.5. The summed E-state index contributed by atoms with van der Waals surface area (Å²) < 4.78 is 0. The van der Waals surface area contributed by atoms with Crippen LogP contribution in [0.25, 0.3) is 0 Å². The lowest BCUT2D eigenvalue weighted by molar-refractivity contribution is 0.419. The van der Waals surface area contributed by atoms with Crippen molar-refractivity contribution in [2.45, 2.75) is 83.0 Å². The first kappa shape index (κ1) is 14.7. The van der Waals surface area contributed by atoms with Crippen molar-refractivity contribution < 1.29 is 0 Å². The zero-order valence-corrected chi connectivity index (χ0v) is 13.5. The molecular formula is C19H30N2. The van der Waals surface area contributed by atoms with Gasteiger partial charge in [-0.15, -0.1) is 0 Å². The van der Waals surface area contributed by atoms with Crippen LogP contribution in [0, 0.1) is 6.92 Å². The Morgan fingerprint density at radius 1 is 0.810 bits per heavy atom. The fraction of sp³-hybridized carbons (Fsp3) is 0.684. The lowest BCUT2D eigenvalue weighted by atomic mass is 9.74. The molecule has 2 saturated carbocycles. The van der Waals surface area contributed by atoms with Gasteiger partial charge in [-0.25, -0.2) is 0 Å². The highest BCUT2D eigenvalue weighted by molar-refractivity contribution is 5.69. The van der Waals surface area contributed by atoms with Gasteiger partial charge in [0.25, 0.3) is 0 Å². The molecule has 2 aliphatic rings. The smallest absolute Gasteiger partial charge is 0.0402 e. The maximum Gasteiger partial charge on any atom is 0.0402 e. The van der Waals surface area contributed by atoms with Gasteiger partial charge in [0, 0.05) is 11.4 Å². The molecule has 0 aromatic heterocycles. The van der Waals surface area contributed by atoms with Gasteiger partial charge in [-0.1, -0.05) is 38.5 Å². The van der Waals surface area contributed by atoms with Gasteiger partial charge in [-0.2, -0.15) is 0 Å². The number of rotatable bonds is 2. The lowest BCUT2D eigenvalue weighted by Gasteiger charge is -2.32. The van der Waals surface area contributed by atoms with Gasteiger partial charge in [0.2, 0.25) is 0 Å². The Hall–Kier alpha value is -1.18. The van der Waals surface area contributed by atoms with Crippen LogP contribution in [0.3, 0.4) is 0 Å². The van der Waals surface area contributed by atoms with Crippen LogP contribution in [0.1, 0.15) is 92.7 Å². The van der Waals surface area contributed by atoms with Gasteiger partial charge >= 0.3 is 0 Å². The third-order valence-corrected chi connectivity index (χ3v) is 5.81. The average Bonchev–Trinajstić information content (AvgIpc) is 2.54. The first-order chi connectivity index (χ1) is 10.2. The number of nitrogen functional groups attached to an aromatic ring is 2. The summed E-state index contributed by atoms with van der Waals surface area (Å²) in [5.41, 5.74) is 18.8. The van der Waals surface area contributed by atoms with Crippen LogP contribution in [-0.2, 0) is 0 Å². The van der Waals surface area contributed by atoms with E-state index in [1.54, 1.807) is 0 Å². The topological polar surface area (TPSA) is 52.0 Å². The van der Waals surface area contributed by atoms with Crippen molar-refractivity contribution in [2.24, 2.45) is 0 Å². The summed E-state index contributed by atoms with van der Waals surface area (Å²) in [5, 5.41) is 0. The van der Waals surface area contributed by atoms with Crippen LogP contribution < -0.4 is 11.5 Å². The van der Waals surface area contributed by atoms with Crippen molar-refractivity contribution in [1.82, 2.24) is 0 Å². The van der Waals surface area contributed by atoms with Crippen molar-refractivity contribution in [3.05, 3.63) is 22.8 Å². The van der Waals surface area contributed by atoms with Gasteiger partial charge in [0.15, 0.2) is 0 Å². The second-order valence-corrected chi connectivity index (χ2v) is 7.18. The molecule has 1 aromatic rings. The van der Waals surface area contributed by atoms with E-state index < -0.39 is 0 Å². The number of nitrogens with two attached hydrogens (primary N) is 2. The highest BCUT2D eigenvalue weighted by atomic mass is 14.6. The number of benzene rings is 1. The van der Waals surface area contributed by atoms with Crippen molar-refractivity contribution >= 4 is 11.4 Å². The van der Waals surface area contributed by atoms with Crippen LogP contribution in [-0.4, -0.2) is 0 Å². The summed E-state index contributed by atoms with van der Waals surface area (Å²) in [6.07, 6.45) is 13.5. The normalized spacial score (nSPS) is 21.6. The van der Waals surface area contributed by atoms with Gasteiger partial charge in [0.05, 0.1) is 0 Å². The summed E-state index contributed by atoms with van der Waals surface area (Å²) in [7, 11) is 0. The molecule has 0 heterocycles. The third-order valence-electron chi connectivity index (χ3n) is 5.81. The Balaban J connectivity index is 2.03. The molecule has 3 rings (SSSR count). The molecule has 2 aliphatic carbocycles. The van der Waals surface area contributed by atoms with Crippen LogP contribution in [0.2, 0.25) is 0 Å². The highest BCUT2D eigenvalue weighted by Crippen LogP contribution is 2.45. The molecule has 0 saturated heterocycles. The molecule has 4 N–H and O–H groups in total. The molecule has 0 aliphatic heterocycles. The Kier molecular flexibility index (Phi) is 4.42. The summed E-state index contributed by atoms with van der Waals surface area (Å²) in [4.78, 5) is 0. The molecule has 2 fully saturated rings. The van der Waals surface area contributed by atoms with E-state index in [1.807, 2.05) is 0 Å². The van der Waals surface area contributed by atoms with Gasteiger partial charge in [-0.3, -0.25) is 0 Å². The molecule has 0 atom stereocenters. The predicted molar refractivity (Wildman–Crippen MR) is 91.7 cm³/mol. The molecule has 0 radical (unpaired) electrons. The zero-order chi connectivity index (χ0) is 14.8. The summed E-state index contributed by atoms with van der Waals surface area (Å²) >= 11 is 0. The Bertz CT molecular complexity index is 495. The van der Waals surface area contributed by atoms with Crippen molar-refractivity contribution in [3.63, 3.8) is 0 Å². The third kappa shape index (κ3) is 2.90. The summed E-state index contributed by atoms with van der Waals surface area (Å²) in [6.45, 7) is 2.08. The maximum atomic E-state index is 6.54. The van der Waals surface area contributed by atoms with Crippen LogP contribution in [0.4, 0.5) is 11.4 Å². The molecule has 21 heavy (non-hydrogen) atoms. The highest BCUT2D eigenvalue weighted by Gasteiger charge is 2.27. The van der Waals surface area contributed by atoms with Gasteiger partial charge < -0.3 is 11.5 Å². The van der Waals surface area contributed by atoms with E-state index in [0.717, 1.165) is 16.9 Å². The Morgan fingerprint density at radius 3 is 1.90 bits per heavy atom. The van der Waals surface area contributed by atoms with Gasteiger partial charge in [0.1, 0.15) is 0 Å². The van der Waals surface area contributed by atoms with Crippen LogP contribution >= 0.6 is 0 Å².